The second kappa shape index (κ2) is 15.8. The van der Waals surface area contributed by atoms with Crippen LogP contribution in [-0.2, 0) is 22.7 Å². The summed E-state index contributed by atoms with van der Waals surface area (Å²) >= 11 is 0. The molecule has 2 aromatic carbocycles. The number of carboxylic acids is 2. The van der Waals surface area contributed by atoms with Crippen molar-refractivity contribution in [1.29, 1.82) is 0 Å². The van der Waals surface area contributed by atoms with E-state index in [1.807, 2.05) is 62.0 Å². The number of hydrogen-bond acceptors (Lipinski definition) is 6. The maximum Gasteiger partial charge on any atom is 0.490 e. The highest BCUT2D eigenvalue weighted by Gasteiger charge is 2.38. The third-order valence-corrected chi connectivity index (χ3v) is 6.12. The van der Waals surface area contributed by atoms with Gasteiger partial charge in [0.15, 0.2) is 0 Å². The fraction of sp³-hybridized carbons (Fsp3) is 0.310. The fourth-order valence-electron chi connectivity index (χ4n) is 3.87. The first-order valence-electron chi connectivity index (χ1n) is 13.1. The molecular weight excluding hydrogens is 628 g/mol. The van der Waals surface area contributed by atoms with Crippen LogP contribution in [0.2, 0.25) is 0 Å². The lowest BCUT2D eigenvalue weighted by molar-refractivity contribution is -0.193. The Hall–Kier alpha value is -5.06. The molecule has 0 spiro atoms. The van der Waals surface area contributed by atoms with Gasteiger partial charge in [-0.25, -0.2) is 9.59 Å². The molecule has 2 aromatic heterocycles. The van der Waals surface area contributed by atoms with Crippen molar-refractivity contribution in [2.45, 2.75) is 25.4 Å². The van der Waals surface area contributed by atoms with Gasteiger partial charge in [-0.3, -0.25) is 9.89 Å². The molecule has 0 unspecified atom stereocenters. The van der Waals surface area contributed by atoms with Gasteiger partial charge < -0.3 is 29.3 Å². The number of halogens is 6. The smallest absolute Gasteiger partial charge is 0.490 e. The molecule has 0 bridgehead atoms. The van der Waals surface area contributed by atoms with Crippen molar-refractivity contribution in [1.82, 2.24) is 24.6 Å². The van der Waals surface area contributed by atoms with E-state index in [-0.39, 0.29) is 5.91 Å². The van der Waals surface area contributed by atoms with Gasteiger partial charge in [0.1, 0.15) is 5.75 Å². The minimum absolute atomic E-state index is 0.00233. The second-order valence-corrected chi connectivity index (χ2v) is 9.88. The van der Waals surface area contributed by atoms with Crippen LogP contribution in [0.1, 0.15) is 15.9 Å². The average molecular weight is 660 g/mol. The number of benzene rings is 2. The van der Waals surface area contributed by atoms with Crippen molar-refractivity contribution in [2.75, 3.05) is 34.8 Å². The van der Waals surface area contributed by atoms with Crippen LogP contribution in [-0.4, -0.2) is 99.8 Å². The first-order valence-corrected chi connectivity index (χ1v) is 13.1. The van der Waals surface area contributed by atoms with Crippen molar-refractivity contribution >= 4 is 28.7 Å². The topological polar surface area (TPSA) is 141 Å². The molecule has 0 aliphatic rings. The molecule has 46 heavy (non-hydrogen) atoms. The van der Waals surface area contributed by atoms with Crippen LogP contribution < -0.4 is 4.74 Å². The number of amides is 1. The molecule has 0 saturated carbocycles. The molecule has 2 heterocycles. The normalized spacial score (nSPS) is 11.3. The molecule has 11 nitrogen and oxygen atoms in total. The van der Waals surface area contributed by atoms with E-state index in [0.717, 1.165) is 46.4 Å². The highest BCUT2D eigenvalue weighted by atomic mass is 19.4. The van der Waals surface area contributed by atoms with E-state index in [9.17, 15) is 31.1 Å². The largest absolute Gasteiger partial charge is 0.497 e. The second-order valence-electron chi connectivity index (χ2n) is 9.88. The van der Waals surface area contributed by atoms with Crippen LogP contribution in [0.5, 0.6) is 5.75 Å². The van der Waals surface area contributed by atoms with Gasteiger partial charge in [-0.2, -0.15) is 31.4 Å². The number of nitrogens with one attached hydrogen (secondary N) is 1. The van der Waals surface area contributed by atoms with Gasteiger partial charge in [0, 0.05) is 55.5 Å². The summed E-state index contributed by atoms with van der Waals surface area (Å²) in [7, 11) is 7.59. The molecule has 0 aliphatic carbocycles. The summed E-state index contributed by atoms with van der Waals surface area (Å²) in [5, 5.41) is 22.1. The molecule has 0 fully saturated rings. The lowest BCUT2D eigenvalue weighted by Gasteiger charge is -2.17. The van der Waals surface area contributed by atoms with Crippen molar-refractivity contribution in [3.05, 3.63) is 72.2 Å². The van der Waals surface area contributed by atoms with Gasteiger partial charge in [-0.15, -0.1) is 0 Å². The van der Waals surface area contributed by atoms with Crippen LogP contribution in [0.15, 0.2) is 61.1 Å². The number of aliphatic carboxylic acids is 2. The van der Waals surface area contributed by atoms with Crippen molar-refractivity contribution in [3.8, 4) is 16.9 Å². The molecule has 4 rings (SSSR count). The zero-order chi connectivity index (χ0) is 34.8. The number of fused-ring (bicyclic) bond motifs is 1. The number of methoxy groups -OCH3 is 1. The number of nitrogens with zero attached hydrogens (tertiary/aromatic N) is 4. The van der Waals surface area contributed by atoms with Gasteiger partial charge in [0.2, 0.25) is 0 Å². The highest BCUT2D eigenvalue weighted by molar-refractivity contribution is 6.07. The molecule has 1 amide bonds. The number of carbonyl (C=O) groups is 3. The summed E-state index contributed by atoms with van der Waals surface area (Å²) in [5.41, 5.74) is 4.87. The van der Waals surface area contributed by atoms with E-state index in [1.165, 1.54) is 0 Å². The van der Waals surface area contributed by atoms with Gasteiger partial charge >= 0.3 is 24.3 Å². The lowest BCUT2D eigenvalue weighted by atomic mass is 10.1. The third kappa shape index (κ3) is 10.8. The van der Waals surface area contributed by atoms with Crippen molar-refractivity contribution in [3.63, 3.8) is 0 Å². The molecule has 4 aromatic rings. The Morgan fingerprint density at radius 1 is 0.935 bits per heavy atom. The van der Waals surface area contributed by atoms with Crippen LogP contribution in [0.4, 0.5) is 26.3 Å². The standard InChI is InChI=1S/C25H29N5O2.2C2HF3O2/c1-28(2)10-11-30-17-23(22-9-8-19(13-24(22)30)20-14-26-27-15-20)25(31)29(3)16-18-6-5-7-21(12-18)32-4;2*3-2(4,5)1(6)7/h5-9,12-15,17H,10-11,16H2,1-4H3,(H,26,27);2*(H,6,7). The SMILES string of the molecule is COc1cccc(CN(C)C(=O)c2cn(CCN(C)C)c3cc(-c4cn[nH]c4)ccc23)c1.O=C(O)C(F)(F)F.O=C(O)C(F)(F)F. The number of hydrogen-bond donors (Lipinski definition) is 3. The number of carbonyl (C=O) groups excluding carboxylic acids is 1. The molecule has 0 atom stereocenters. The monoisotopic (exact) mass is 659 g/mol. The Balaban J connectivity index is 0.000000440. The molecule has 0 radical (unpaired) electrons. The maximum atomic E-state index is 13.4. The number of aromatic amines is 1. The van der Waals surface area contributed by atoms with E-state index in [0.29, 0.717) is 12.1 Å². The third-order valence-electron chi connectivity index (χ3n) is 6.12. The minimum atomic E-state index is -5.08. The maximum absolute atomic E-state index is 13.4. The number of alkyl halides is 6. The Morgan fingerprint density at radius 2 is 1.54 bits per heavy atom. The zero-order valence-corrected chi connectivity index (χ0v) is 25.0. The van der Waals surface area contributed by atoms with Crippen LogP contribution in [0.3, 0.4) is 0 Å². The fourth-order valence-corrected chi connectivity index (χ4v) is 3.87. The Kier molecular flexibility index (Phi) is 12.7. The molecular formula is C29H31F6N5O6. The Morgan fingerprint density at radius 3 is 2.04 bits per heavy atom. The number of ether oxygens (including phenoxy) is 1. The summed E-state index contributed by atoms with van der Waals surface area (Å²) in [4.78, 5) is 35.1. The Labute approximate surface area is 258 Å². The van der Waals surface area contributed by atoms with E-state index in [4.69, 9.17) is 24.5 Å². The summed E-state index contributed by atoms with van der Waals surface area (Å²) in [6.07, 6.45) is -4.50. The van der Waals surface area contributed by atoms with Crippen LogP contribution >= 0.6 is 0 Å². The summed E-state index contributed by atoms with van der Waals surface area (Å²) < 4.78 is 71.0. The zero-order valence-electron chi connectivity index (χ0n) is 25.0. The van der Waals surface area contributed by atoms with Gasteiger partial charge in [-0.1, -0.05) is 24.3 Å². The summed E-state index contributed by atoms with van der Waals surface area (Å²) in [6.45, 7) is 2.19. The van der Waals surface area contributed by atoms with E-state index < -0.39 is 24.3 Å². The quantitative estimate of drug-likeness (QED) is 0.221. The number of H-pyrrole nitrogens is 1. The average Bonchev–Trinajstić information content (AvgIpc) is 3.64. The highest BCUT2D eigenvalue weighted by Crippen LogP contribution is 2.29. The first kappa shape index (κ1) is 37.1. The summed E-state index contributed by atoms with van der Waals surface area (Å²) in [5.74, 6) is -4.73. The number of carboxylic acid groups (broad SMARTS) is 2. The molecule has 250 valence electrons. The number of likely N-dealkylation sites (N-methyl/N-ethyl adjacent to an activating group) is 1. The van der Waals surface area contributed by atoms with Gasteiger partial charge in [0.25, 0.3) is 5.91 Å². The van der Waals surface area contributed by atoms with Crippen LogP contribution in [0, 0.1) is 0 Å². The molecule has 0 aliphatic heterocycles. The van der Waals surface area contributed by atoms with Gasteiger partial charge in [-0.05, 0) is 43.4 Å². The first-order chi connectivity index (χ1) is 21.3. The molecule has 17 heteroatoms. The van der Waals surface area contributed by atoms with E-state index >= 15 is 0 Å². The predicted molar refractivity (Wildman–Crippen MR) is 154 cm³/mol. The lowest BCUT2D eigenvalue weighted by Crippen LogP contribution is -2.26. The minimum Gasteiger partial charge on any atom is -0.497 e. The van der Waals surface area contributed by atoms with Crippen molar-refractivity contribution in [2.24, 2.45) is 0 Å². The van der Waals surface area contributed by atoms with Crippen LogP contribution in [0.25, 0.3) is 22.0 Å². The number of rotatable bonds is 8. The van der Waals surface area contributed by atoms with Gasteiger partial charge in [0.05, 0.1) is 18.9 Å². The predicted octanol–water partition coefficient (Wildman–Crippen LogP) is 5.14. The molecule has 0 saturated heterocycles. The number of aromatic nitrogens is 3. The van der Waals surface area contributed by atoms with E-state index in [1.54, 1.807) is 12.0 Å². The Bertz CT molecular complexity index is 1590. The van der Waals surface area contributed by atoms with E-state index in [2.05, 4.69) is 39.8 Å². The summed E-state index contributed by atoms with van der Waals surface area (Å²) in [6, 6.07) is 14.0. The van der Waals surface area contributed by atoms with Crippen molar-refractivity contribution < 1.29 is 55.7 Å². The molecule has 3 N–H and O–H groups in total.